The number of nitrogens with one attached hydrogen (secondary N) is 2. The topological polar surface area (TPSA) is 117 Å². The van der Waals surface area contributed by atoms with Crippen molar-refractivity contribution in [1.82, 2.24) is 14.5 Å². The standard InChI is InChI=1S/C21H21N5O3S/c1-15-14-16(2)26(25-15)20-7-4-3-6-19(20)24-21(27)17-8-10-18(11-9-17)30(28,29)23-13-5-12-22/h3-4,6-11,14,23H,5,13H2,1-2H3,(H,24,27). The number of benzene rings is 2. The zero-order valence-corrected chi connectivity index (χ0v) is 17.4. The van der Waals surface area contributed by atoms with Crippen LogP contribution in [0.4, 0.5) is 5.69 Å². The largest absolute Gasteiger partial charge is 0.320 e. The summed E-state index contributed by atoms with van der Waals surface area (Å²) in [6.07, 6.45) is 0.0778. The summed E-state index contributed by atoms with van der Waals surface area (Å²) in [6.45, 7) is 3.86. The second-order valence-electron chi connectivity index (χ2n) is 6.64. The third kappa shape index (κ3) is 4.74. The zero-order valence-electron chi connectivity index (χ0n) is 16.6. The number of anilines is 1. The van der Waals surface area contributed by atoms with Crippen molar-refractivity contribution in [3.05, 3.63) is 71.5 Å². The normalized spacial score (nSPS) is 11.1. The highest BCUT2D eigenvalue weighted by Crippen LogP contribution is 2.22. The molecule has 0 aliphatic heterocycles. The Kier molecular flexibility index (Phi) is 6.30. The van der Waals surface area contributed by atoms with E-state index in [1.165, 1.54) is 24.3 Å². The van der Waals surface area contributed by atoms with Gasteiger partial charge in [0.1, 0.15) is 0 Å². The van der Waals surface area contributed by atoms with E-state index in [9.17, 15) is 13.2 Å². The van der Waals surface area contributed by atoms with Crippen LogP contribution in [0.1, 0.15) is 28.2 Å². The number of carbonyl (C=O) groups is 1. The quantitative estimate of drug-likeness (QED) is 0.567. The van der Waals surface area contributed by atoms with Crippen molar-refractivity contribution >= 4 is 21.6 Å². The van der Waals surface area contributed by atoms with E-state index >= 15 is 0 Å². The summed E-state index contributed by atoms with van der Waals surface area (Å²) >= 11 is 0. The minimum Gasteiger partial charge on any atom is -0.320 e. The molecule has 8 nitrogen and oxygen atoms in total. The summed E-state index contributed by atoms with van der Waals surface area (Å²) in [6, 6.07) is 16.7. The fourth-order valence-electron chi connectivity index (χ4n) is 2.94. The van der Waals surface area contributed by atoms with Crippen molar-refractivity contribution in [3.63, 3.8) is 0 Å². The number of hydrogen-bond acceptors (Lipinski definition) is 5. The maximum Gasteiger partial charge on any atom is 0.255 e. The molecule has 0 aliphatic carbocycles. The molecule has 2 N–H and O–H groups in total. The summed E-state index contributed by atoms with van der Waals surface area (Å²) in [7, 11) is -3.72. The van der Waals surface area contributed by atoms with Gasteiger partial charge < -0.3 is 5.32 Å². The Morgan fingerprint density at radius 2 is 1.83 bits per heavy atom. The van der Waals surface area contributed by atoms with Crippen LogP contribution >= 0.6 is 0 Å². The molecule has 3 rings (SSSR count). The van der Waals surface area contributed by atoms with E-state index in [4.69, 9.17) is 5.26 Å². The number of carbonyl (C=O) groups excluding carboxylic acids is 1. The Morgan fingerprint density at radius 3 is 2.47 bits per heavy atom. The van der Waals surface area contributed by atoms with Crippen molar-refractivity contribution in [2.24, 2.45) is 0 Å². The van der Waals surface area contributed by atoms with E-state index < -0.39 is 10.0 Å². The number of amides is 1. The average Bonchev–Trinajstić information content (AvgIpc) is 3.06. The Labute approximate surface area is 175 Å². The fourth-order valence-corrected chi connectivity index (χ4v) is 3.97. The monoisotopic (exact) mass is 423 g/mol. The molecule has 0 aliphatic rings. The van der Waals surface area contributed by atoms with E-state index in [0.29, 0.717) is 11.3 Å². The van der Waals surface area contributed by atoms with Gasteiger partial charge in [-0.1, -0.05) is 12.1 Å². The summed E-state index contributed by atoms with van der Waals surface area (Å²) in [5.74, 6) is -0.370. The van der Waals surface area contributed by atoms with Gasteiger partial charge in [0.25, 0.3) is 5.91 Å². The molecule has 1 amide bonds. The third-order valence-corrected chi connectivity index (χ3v) is 5.82. The van der Waals surface area contributed by atoms with Crippen LogP contribution in [0, 0.1) is 25.2 Å². The second kappa shape index (κ2) is 8.90. The molecule has 0 bridgehead atoms. The molecule has 0 unspecified atom stereocenters. The van der Waals surface area contributed by atoms with Crippen LogP contribution < -0.4 is 10.0 Å². The molecule has 2 aromatic carbocycles. The number of para-hydroxylation sites is 2. The molecule has 154 valence electrons. The van der Waals surface area contributed by atoms with Crippen LogP contribution in [0.5, 0.6) is 0 Å². The lowest BCUT2D eigenvalue weighted by molar-refractivity contribution is 0.102. The van der Waals surface area contributed by atoms with Crippen molar-refractivity contribution in [2.45, 2.75) is 25.2 Å². The van der Waals surface area contributed by atoms with Gasteiger partial charge in [0.15, 0.2) is 0 Å². The maximum atomic E-state index is 12.7. The zero-order chi connectivity index (χ0) is 21.7. The first-order valence-electron chi connectivity index (χ1n) is 9.22. The summed E-state index contributed by atoms with van der Waals surface area (Å²) in [5, 5.41) is 15.8. The molecule has 1 heterocycles. The number of hydrogen-bond donors (Lipinski definition) is 2. The number of aryl methyl sites for hydroxylation is 2. The minimum absolute atomic E-state index is 0.0278. The average molecular weight is 423 g/mol. The Morgan fingerprint density at radius 1 is 1.13 bits per heavy atom. The van der Waals surface area contributed by atoms with Crippen LogP contribution in [0.15, 0.2) is 59.5 Å². The lowest BCUT2D eigenvalue weighted by Crippen LogP contribution is -2.24. The molecular formula is C21H21N5O3S. The van der Waals surface area contributed by atoms with Gasteiger partial charge in [-0.05, 0) is 56.3 Å². The van der Waals surface area contributed by atoms with Crippen molar-refractivity contribution in [1.29, 1.82) is 5.26 Å². The van der Waals surface area contributed by atoms with Crippen molar-refractivity contribution in [2.75, 3.05) is 11.9 Å². The smallest absolute Gasteiger partial charge is 0.255 e. The molecule has 0 saturated carbocycles. The van der Waals surface area contributed by atoms with E-state index in [2.05, 4.69) is 15.1 Å². The minimum atomic E-state index is -3.72. The summed E-state index contributed by atoms with van der Waals surface area (Å²) in [4.78, 5) is 12.7. The number of nitriles is 1. The summed E-state index contributed by atoms with van der Waals surface area (Å²) in [5.41, 5.74) is 3.44. The van der Waals surface area contributed by atoms with E-state index in [1.807, 2.05) is 44.2 Å². The first kappa shape index (κ1) is 21.2. The highest BCUT2D eigenvalue weighted by atomic mass is 32.2. The van der Waals surface area contributed by atoms with Crippen LogP contribution in [0.2, 0.25) is 0 Å². The van der Waals surface area contributed by atoms with Gasteiger partial charge in [0, 0.05) is 24.2 Å². The highest BCUT2D eigenvalue weighted by molar-refractivity contribution is 7.89. The molecule has 9 heteroatoms. The highest BCUT2D eigenvalue weighted by Gasteiger charge is 2.16. The molecule has 0 radical (unpaired) electrons. The first-order chi connectivity index (χ1) is 14.3. The van der Waals surface area contributed by atoms with E-state index in [-0.39, 0.29) is 23.8 Å². The fraction of sp³-hybridized carbons (Fsp3) is 0.190. The Bertz CT molecular complexity index is 1210. The molecule has 0 spiro atoms. The van der Waals surface area contributed by atoms with E-state index in [0.717, 1.165) is 17.1 Å². The lowest BCUT2D eigenvalue weighted by Gasteiger charge is -2.13. The predicted molar refractivity (Wildman–Crippen MR) is 113 cm³/mol. The van der Waals surface area contributed by atoms with Crippen molar-refractivity contribution in [3.8, 4) is 11.8 Å². The number of rotatable bonds is 7. The molecule has 0 saturated heterocycles. The van der Waals surface area contributed by atoms with Gasteiger partial charge in [-0.15, -0.1) is 0 Å². The Hall–Kier alpha value is -3.48. The third-order valence-electron chi connectivity index (χ3n) is 4.35. The van der Waals surface area contributed by atoms with Gasteiger partial charge in [-0.25, -0.2) is 17.8 Å². The molecule has 1 aromatic heterocycles. The maximum absolute atomic E-state index is 12.7. The van der Waals surface area contributed by atoms with Gasteiger partial charge >= 0.3 is 0 Å². The lowest BCUT2D eigenvalue weighted by atomic mass is 10.2. The molecule has 30 heavy (non-hydrogen) atoms. The number of sulfonamides is 1. The number of aromatic nitrogens is 2. The van der Waals surface area contributed by atoms with Crippen LogP contribution in [0.25, 0.3) is 5.69 Å². The van der Waals surface area contributed by atoms with E-state index in [1.54, 1.807) is 10.7 Å². The predicted octanol–water partition coefficient (Wildman–Crippen LogP) is 2.93. The SMILES string of the molecule is Cc1cc(C)n(-c2ccccc2NC(=O)c2ccc(S(=O)(=O)NCCC#N)cc2)n1. The van der Waals surface area contributed by atoms with Crippen molar-refractivity contribution < 1.29 is 13.2 Å². The molecule has 3 aromatic rings. The molecular weight excluding hydrogens is 402 g/mol. The van der Waals surface area contributed by atoms with Gasteiger partial charge in [-0.2, -0.15) is 10.4 Å². The van der Waals surface area contributed by atoms with Gasteiger partial charge in [0.2, 0.25) is 10.0 Å². The first-order valence-corrected chi connectivity index (χ1v) is 10.7. The Balaban J connectivity index is 1.79. The van der Waals surface area contributed by atoms with Crippen LogP contribution in [-0.2, 0) is 10.0 Å². The van der Waals surface area contributed by atoms with Gasteiger partial charge in [0.05, 0.1) is 28.0 Å². The number of nitrogens with zero attached hydrogens (tertiary/aromatic N) is 3. The van der Waals surface area contributed by atoms with Crippen LogP contribution in [0.3, 0.4) is 0 Å². The molecule has 0 fully saturated rings. The summed E-state index contributed by atoms with van der Waals surface area (Å²) < 4.78 is 28.5. The molecule has 0 atom stereocenters. The van der Waals surface area contributed by atoms with Gasteiger partial charge in [-0.3, -0.25) is 4.79 Å². The second-order valence-corrected chi connectivity index (χ2v) is 8.41. The van der Waals surface area contributed by atoms with Crippen LogP contribution in [-0.4, -0.2) is 30.7 Å².